The van der Waals surface area contributed by atoms with Crippen LogP contribution in [0.4, 0.5) is 4.39 Å². The van der Waals surface area contributed by atoms with E-state index in [2.05, 4.69) is 20.6 Å². The van der Waals surface area contributed by atoms with Crippen LogP contribution in [0.3, 0.4) is 0 Å². The lowest BCUT2D eigenvalue weighted by Gasteiger charge is -2.14. The maximum absolute atomic E-state index is 13.2. The summed E-state index contributed by atoms with van der Waals surface area (Å²) in [7, 11) is 0. The van der Waals surface area contributed by atoms with Crippen LogP contribution in [0.15, 0.2) is 36.7 Å². The van der Waals surface area contributed by atoms with Crippen molar-refractivity contribution in [2.45, 2.75) is 31.9 Å². The summed E-state index contributed by atoms with van der Waals surface area (Å²) < 4.78 is 20.5. The number of carbonyl (C=O) groups excluding carboxylic acids is 1. The number of carbonyl (C=O) groups is 1. The molecular weight excluding hydrogens is 375 g/mol. The van der Waals surface area contributed by atoms with E-state index in [1.165, 1.54) is 18.2 Å². The zero-order chi connectivity index (χ0) is 20.2. The lowest BCUT2D eigenvalue weighted by atomic mass is 10.0. The Morgan fingerprint density at radius 1 is 1.41 bits per heavy atom. The number of fused-ring (bicyclic) bond motifs is 1. The van der Waals surface area contributed by atoms with Crippen LogP contribution in [0.1, 0.15) is 25.0 Å². The van der Waals surface area contributed by atoms with Gasteiger partial charge >= 0.3 is 0 Å². The number of aromatic nitrogens is 4. The summed E-state index contributed by atoms with van der Waals surface area (Å²) >= 11 is 0. The van der Waals surface area contributed by atoms with Crippen LogP contribution in [-0.2, 0) is 11.3 Å². The first-order chi connectivity index (χ1) is 14.1. The quantitative estimate of drug-likeness (QED) is 0.628. The number of amides is 1. The number of halogens is 1. The van der Waals surface area contributed by atoms with Crippen molar-refractivity contribution in [1.82, 2.24) is 30.4 Å². The molecule has 2 atom stereocenters. The standard InChI is InChI=1S/C20H23FN6O2/c1-13(29-16-4-2-3-15(21)11-16)20(28)25-9-10-27-19-18(23-7-8-24-19)17(26-27)14-5-6-22-12-14/h2-4,7-8,11,13-14,22H,5-6,9-10,12H2,1H3,(H,25,28)/t13-,14+/m0/s1. The molecule has 1 fully saturated rings. The Kier molecular flexibility index (Phi) is 5.66. The Hall–Kier alpha value is -3.07. The van der Waals surface area contributed by atoms with E-state index in [0.717, 1.165) is 30.7 Å². The van der Waals surface area contributed by atoms with Crippen LogP contribution in [0.25, 0.3) is 11.2 Å². The van der Waals surface area contributed by atoms with Crippen LogP contribution in [0.2, 0.25) is 0 Å². The molecule has 152 valence electrons. The first kappa shape index (κ1) is 19.3. The SMILES string of the molecule is C[C@H](Oc1cccc(F)c1)C(=O)NCCn1nc([C@@H]2CCNC2)c2nccnc21. The molecule has 2 aromatic heterocycles. The Labute approximate surface area is 167 Å². The molecule has 3 aromatic rings. The molecule has 1 aromatic carbocycles. The Morgan fingerprint density at radius 3 is 3.07 bits per heavy atom. The van der Waals surface area contributed by atoms with Crippen molar-refractivity contribution in [1.29, 1.82) is 0 Å². The summed E-state index contributed by atoms with van der Waals surface area (Å²) in [6.45, 7) is 4.31. The zero-order valence-electron chi connectivity index (χ0n) is 16.1. The van der Waals surface area contributed by atoms with Gasteiger partial charge in [-0.25, -0.2) is 19.0 Å². The first-order valence-corrected chi connectivity index (χ1v) is 9.70. The van der Waals surface area contributed by atoms with E-state index >= 15 is 0 Å². The number of benzene rings is 1. The Morgan fingerprint density at radius 2 is 2.28 bits per heavy atom. The minimum atomic E-state index is -0.744. The third-order valence-electron chi connectivity index (χ3n) is 4.94. The molecule has 8 nitrogen and oxygen atoms in total. The second-order valence-electron chi connectivity index (χ2n) is 7.04. The fourth-order valence-corrected chi connectivity index (χ4v) is 3.47. The van der Waals surface area contributed by atoms with Crippen molar-refractivity contribution < 1.29 is 13.9 Å². The summed E-state index contributed by atoms with van der Waals surface area (Å²) in [4.78, 5) is 21.2. The van der Waals surface area contributed by atoms with Gasteiger partial charge in [0.1, 0.15) is 17.1 Å². The third-order valence-corrected chi connectivity index (χ3v) is 4.94. The lowest BCUT2D eigenvalue weighted by molar-refractivity contribution is -0.127. The number of nitrogens with one attached hydrogen (secondary N) is 2. The Balaban J connectivity index is 1.37. The fourth-order valence-electron chi connectivity index (χ4n) is 3.47. The highest BCUT2D eigenvalue weighted by atomic mass is 19.1. The van der Waals surface area contributed by atoms with Gasteiger partial charge in [0.25, 0.3) is 5.91 Å². The molecule has 1 amide bonds. The summed E-state index contributed by atoms with van der Waals surface area (Å²) in [5, 5.41) is 10.9. The zero-order valence-corrected chi connectivity index (χ0v) is 16.1. The summed E-state index contributed by atoms with van der Waals surface area (Å²) in [5.41, 5.74) is 2.48. The molecule has 3 heterocycles. The molecule has 0 bridgehead atoms. The number of ether oxygens (including phenoxy) is 1. The van der Waals surface area contributed by atoms with Crippen molar-refractivity contribution in [2.24, 2.45) is 0 Å². The van der Waals surface area contributed by atoms with Crippen LogP contribution >= 0.6 is 0 Å². The van der Waals surface area contributed by atoms with Gasteiger partial charge in [-0.3, -0.25) is 4.79 Å². The highest BCUT2D eigenvalue weighted by Gasteiger charge is 2.24. The summed E-state index contributed by atoms with van der Waals surface area (Å²) in [5.74, 6) is -0.0485. The number of rotatable bonds is 7. The maximum Gasteiger partial charge on any atom is 0.260 e. The predicted molar refractivity (Wildman–Crippen MR) is 105 cm³/mol. The van der Waals surface area contributed by atoms with Gasteiger partial charge in [-0.05, 0) is 32.0 Å². The van der Waals surface area contributed by atoms with Crippen molar-refractivity contribution >= 4 is 17.1 Å². The second kappa shape index (κ2) is 8.52. The van der Waals surface area contributed by atoms with Crippen molar-refractivity contribution in [3.63, 3.8) is 0 Å². The van der Waals surface area contributed by atoms with Crippen LogP contribution in [0, 0.1) is 5.82 Å². The van der Waals surface area contributed by atoms with Gasteiger partial charge in [0.05, 0.1) is 12.2 Å². The molecule has 0 spiro atoms. The molecular formula is C20H23FN6O2. The highest BCUT2D eigenvalue weighted by molar-refractivity contribution is 5.80. The van der Waals surface area contributed by atoms with Gasteiger partial charge in [0.15, 0.2) is 11.8 Å². The van der Waals surface area contributed by atoms with E-state index in [-0.39, 0.29) is 5.91 Å². The van der Waals surface area contributed by atoms with Gasteiger partial charge in [0.2, 0.25) is 0 Å². The molecule has 0 saturated carbocycles. The molecule has 4 rings (SSSR count). The van der Waals surface area contributed by atoms with Gasteiger partial charge in [-0.15, -0.1) is 0 Å². The lowest BCUT2D eigenvalue weighted by Crippen LogP contribution is -2.38. The van der Waals surface area contributed by atoms with Crippen molar-refractivity contribution in [2.75, 3.05) is 19.6 Å². The molecule has 1 saturated heterocycles. The van der Waals surface area contributed by atoms with Crippen LogP contribution in [0.5, 0.6) is 5.75 Å². The molecule has 0 unspecified atom stereocenters. The second-order valence-corrected chi connectivity index (χ2v) is 7.04. The maximum atomic E-state index is 13.2. The van der Waals surface area contributed by atoms with E-state index in [1.807, 2.05) is 0 Å². The van der Waals surface area contributed by atoms with E-state index in [0.29, 0.717) is 30.4 Å². The van der Waals surface area contributed by atoms with Gasteiger partial charge < -0.3 is 15.4 Å². The van der Waals surface area contributed by atoms with Crippen LogP contribution < -0.4 is 15.4 Å². The number of nitrogens with zero attached hydrogens (tertiary/aromatic N) is 4. The molecule has 0 aliphatic carbocycles. The van der Waals surface area contributed by atoms with Crippen LogP contribution in [-0.4, -0.2) is 51.4 Å². The monoisotopic (exact) mass is 398 g/mol. The minimum absolute atomic E-state index is 0.281. The smallest absolute Gasteiger partial charge is 0.260 e. The van der Waals surface area contributed by atoms with E-state index in [9.17, 15) is 9.18 Å². The molecule has 1 aliphatic heterocycles. The summed E-state index contributed by atoms with van der Waals surface area (Å²) in [6, 6.07) is 5.72. The topological polar surface area (TPSA) is 94.0 Å². The van der Waals surface area contributed by atoms with Crippen molar-refractivity contribution in [3.05, 3.63) is 48.2 Å². The Bertz CT molecular complexity index is 1000. The normalized spacial score (nSPS) is 17.4. The summed E-state index contributed by atoms with van der Waals surface area (Å²) in [6.07, 6.45) is 3.60. The highest BCUT2D eigenvalue weighted by Crippen LogP contribution is 2.26. The van der Waals surface area contributed by atoms with Gasteiger partial charge in [0, 0.05) is 37.5 Å². The van der Waals surface area contributed by atoms with Gasteiger partial charge in [-0.2, -0.15) is 5.10 Å². The predicted octanol–water partition coefficient (Wildman–Crippen LogP) is 1.63. The number of hydrogen-bond donors (Lipinski definition) is 2. The van der Waals surface area contributed by atoms with E-state index < -0.39 is 11.9 Å². The van der Waals surface area contributed by atoms with Gasteiger partial charge in [-0.1, -0.05) is 6.07 Å². The molecule has 9 heteroatoms. The third kappa shape index (κ3) is 4.34. The fraction of sp³-hybridized carbons (Fsp3) is 0.400. The first-order valence-electron chi connectivity index (χ1n) is 9.70. The minimum Gasteiger partial charge on any atom is -0.481 e. The molecule has 1 aliphatic rings. The molecule has 2 N–H and O–H groups in total. The molecule has 0 radical (unpaired) electrons. The largest absolute Gasteiger partial charge is 0.481 e. The number of hydrogen-bond acceptors (Lipinski definition) is 6. The average Bonchev–Trinajstić information content (AvgIpc) is 3.36. The van der Waals surface area contributed by atoms with E-state index in [4.69, 9.17) is 9.84 Å². The average molecular weight is 398 g/mol. The van der Waals surface area contributed by atoms with E-state index in [1.54, 1.807) is 30.1 Å². The van der Waals surface area contributed by atoms with Crippen molar-refractivity contribution in [3.8, 4) is 5.75 Å². The molecule has 29 heavy (non-hydrogen) atoms.